The van der Waals surface area contributed by atoms with E-state index in [9.17, 15) is 18.3 Å². The molecule has 1 N–H and O–H groups in total. The second kappa shape index (κ2) is 5.22. The van der Waals surface area contributed by atoms with E-state index in [-0.39, 0.29) is 5.56 Å². The van der Waals surface area contributed by atoms with Crippen LogP contribution in [-0.4, -0.2) is 16.9 Å². The van der Waals surface area contributed by atoms with Gasteiger partial charge in [0.15, 0.2) is 6.10 Å². The van der Waals surface area contributed by atoms with Crippen molar-refractivity contribution in [3.8, 4) is 5.75 Å². The Kier molecular flexibility index (Phi) is 3.89. The molecule has 2 aromatic rings. The van der Waals surface area contributed by atoms with Crippen LogP contribution in [-0.2, 0) is 0 Å². The Morgan fingerprint density at radius 3 is 2.05 bits per heavy atom. The smallest absolute Gasteiger partial charge is 0.418 e. The molecule has 0 aliphatic carbocycles. The standard InChI is InChI=1S/C16H17F3O2/c1-15(2,3)21-13-9-8-12(14(20)16(17,18)19)10-6-4-5-7-11(10)13/h4-9,14,20H,1-3H3. The van der Waals surface area contributed by atoms with Crippen molar-refractivity contribution in [1.82, 2.24) is 0 Å². The number of hydrogen-bond donors (Lipinski definition) is 1. The first-order valence-electron chi connectivity index (χ1n) is 6.55. The lowest BCUT2D eigenvalue weighted by molar-refractivity contribution is -0.206. The fraction of sp³-hybridized carbons (Fsp3) is 0.375. The zero-order valence-corrected chi connectivity index (χ0v) is 12.0. The van der Waals surface area contributed by atoms with Crippen molar-refractivity contribution in [3.63, 3.8) is 0 Å². The lowest BCUT2D eigenvalue weighted by Gasteiger charge is -2.24. The minimum absolute atomic E-state index is 0.167. The maximum Gasteiger partial charge on any atom is 0.418 e. The van der Waals surface area contributed by atoms with E-state index in [1.807, 2.05) is 20.8 Å². The average Bonchev–Trinajstić information content (AvgIpc) is 2.35. The van der Waals surface area contributed by atoms with E-state index in [4.69, 9.17) is 4.74 Å². The van der Waals surface area contributed by atoms with Gasteiger partial charge in [0.2, 0.25) is 0 Å². The number of hydrogen-bond acceptors (Lipinski definition) is 2. The summed E-state index contributed by atoms with van der Waals surface area (Å²) in [5.74, 6) is 0.497. The molecule has 1 atom stereocenters. The van der Waals surface area contributed by atoms with Crippen LogP contribution < -0.4 is 4.74 Å². The Labute approximate surface area is 121 Å². The predicted octanol–water partition coefficient (Wildman–Crippen LogP) is 4.61. The molecule has 0 bridgehead atoms. The van der Waals surface area contributed by atoms with E-state index in [0.717, 1.165) is 0 Å². The number of alkyl halides is 3. The van der Waals surface area contributed by atoms with Crippen LogP contribution in [0.2, 0.25) is 0 Å². The van der Waals surface area contributed by atoms with Gasteiger partial charge in [-0.1, -0.05) is 30.3 Å². The van der Waals surface area contributed by atoms with Crippen molar-refractivity contribution in [1.29, 1.82) is 0 Å². The molecule has 0 fully saturated rings. The van der Waals surface area contributed by atoms with Crippen LogP contribution in [0.25, 0.3) is 10.8 Å². The van der Waals surface area contributed by atoms with Gasteiger partial charge in [-0.25, -0.2) is 0 Å². The largest absolute Gasteiger partial charge is 0.488 e. The number of rotatable bonds is 2. The van der Waals surface area contributed by atoms with Crippen molar-refractivity contribution in [2.24, 2.45) is 0 Å². The van der Waals surface area contributed by atoms with E-state index in [0.29, 0.717) is 16.5 Å². The van der Waals surface area contributed by atoms with Crippen molar-refractivity contribution < 1.29 is 23.0 Å². The number of halogens is 3. The maximum atomic E-state index is 12.8. The van der Waals surface area contributed by atoms with Gasteiger partial charge in [-0.3, -0.25) is 0 Å². The van der Waals surface area contributed by atoms with Gasteiger partial charge in [0.1, 0.15) is 11.4 Å². The normalized spacial score (nSPS) is 14.2. The summed E-state index contributed by atoms with van der Waals surface area (Å²) in [5.41, 5.74) is -0.633. The summed E-state index contributed by atoms with van der Waals surface area (Å²) < 4.78 is 44.0. The van der Waals surface area contributed by atoms with Crippen molar-refractivity contribution in [3.05, 3.63) is 42.0 Å². The second-order valence-corrected chi connectivity index (χ2v) is 5.86. The molecule has 0 aromatic heterocycles. The number of fused-ring (bicyclic) bond motifs is 1. The molecule has 0 aliphatic heterocycles. The highest BCUT2D eigenvalue weighted by Gasteiger charge is 2.40. The molecule has 21 heavy (non-hydrogen) atoms. The molecule has 1 unspecified atom stereocenters. The van der Waals surface area contributed by atoms with Gasteiger partial charge < -0.3 is 9.84 Å². The topological polar surface area (TPSA) is 29.5 Å². The third-order valence-electron chi connectivity index (χ3n) is 2.94. The third kappa shape index (κ3) is 3.47. The first-order valence-corrected chi connectivity index (χ1v) is 6.55. The predicted molar refractivity (Wildman–Crippen MR) is 75.3 cm³/mol. The molecule has 2 aromatic carbocycles. The van der Waals surface area contributed by atoms with Crippen LogP contribution in [0.15, 0.2) is 36.4 Å². The van der Waals surface area contributed by atoms with Crippen LogP contribution in [0.1, 0.15) is 32.4 Å². The summed E-state index contributed by atoms with van der Waals surface area (Å²) in [5, 5.41) is 10.4. The second-order valence-electron chi connectivity index (χ2n) is 5.86. The van der Waals surface area contributed by atoms with Crippen LogP contribution in [0.3, 0.4) is 0 Å². The van der Waals surface area contributed by atoms with Gasteiger partial charge >= 0.3 is 6.18 Å². The Hall–Kier alpha value is -1.75. The van der Waals surface area contributed by atoms with Crippen LogP contribution in [0.5, 0.6) is 5.75 Å². The monoisotopic (exact) mass is 298 g/mol. The Morgan fingerprint density at radius 2 is 1.52 bits per heavy atom. The molecule has 0 saturated heterocycles. The highest BCUT2D eigenvalue weighted by atomic mass is 19.4. The van der Waals surface area contributed by atoms with E-state index < -0.39 is 17.9 Å². The molecule has 2 rings (SSSR count). The van der Waals surface area contributed by atoms with Gasteiger partial charge in [-0.05, 0) is 37.8 Å². The quantitative estimate of drug-likeness (QED) is 0.877. The number of aliphatic hydroxyl groups is 1. The molecule has 0 heterocycles. The number of aliphatic hydroxyl groups excluding tert-OH is 1. The van der Waals surface area contributed by atoms with E-state index in [1.54, 1.807) is 24.3 Å². The van der Waals surface area contributed by atoms with Crippen LogP contribution >= 0.6 is 0 Å². The fourth-order valence-corrected chi connectivity index (χ4v) is 2.13. The number of benzene rings is 2. The summed E-state index contributed by atoms with van der Waals surface area (Å²) in [6.07, 6.45) is -7.21. The Balaban J connectivity index is 2.60. The van der Waals surface area contributed by atoms with E-state index in [1.165, 1.54) is 12.1 Å². The lowest BCUT2D eigenvalue weighted by Crippen LogP contribution is -2.23. The summed E-state index contributed by atoms with van der Waals surface area (Å²) >= 11 is 0. The minimum atomic E-state index is -4.70. The molecule has 0 aliphatic rings. The molecule has 5 heteroatoms. The Bertz CT molecular complexity index is 642. The molecule has 0 spiro atoms. The molecule has 0 radical (unpaired) electrons. The average molecular weight is 298 g/mol. The first-order chi connectivity index (χ1) is 9.59. The SMILES string of the molecule is CC(C)(C)Oc1ccc(C(O)C(F)(F)F)c2ccccc12. The number of ether oxygens (including phenoxy) is 1. The summed E-state index contributed by atoms with van der Waals surface area (Å²) in [6, 6.07) is 9.33. The van der Waals surface area contributed by atoms with E-state index >= 15 is 0 Å². The van der Waals surface area contributed by atoms with Gasteiger partial charge in [0.25, 0.3) is 0 Å². The fourth-order valence-electron chi connectivity index (χ4n) is 2.13. The summed E-state index contributed by atoms with van der Waals surface area (Å²) in [6.45, 7) is 5.58. The molecule has 0 saturated carbocycles. The highest BCUT2D eigenvalue weighted by molar-refractivity contribution is 5.91. The van der Waals surface area contributed by atoms with Crippen molar-refractivity contribution in [2.45, 2.75) is 38.7 Å². The van der Waals surface area contributed by atoms with Gasteiger partial charge in [-0.15, -0.1) is 0 Å². The lowest BCUT2D eigenvalue weighted by atomic mass is 9.99. The molecule has 114 valence electrons. The zero-order valence-electron chi connectivity index (χ0n) is 12.0. The first kappa shape index (κ1) is 15.6. The van der Waals surface area contributed by atoms with Crippen LogP contribution in [0.4, 0.5) is 13.2 Å². The summed E-state index contributed by atoms with van der Waals surface area (Å²) in [7, 11) is 0. The minimum Gasteiger partial charge on any atom is -0.488 e. The third-order valence-corrected chi connectivity index (χ3v) is 2.94. The van der Waals surface area contributed by atoms with Crippen molar-refractivity contribution in [2.75, 3.05) is 0 Å². The molecular weight excluding hydrogens is 281 g/mol. The maximum absolute atomic E-state index is 12.8. The summed E-state index contributed by atoms with van der Waals surface area (Å²) in [4.78, 5) is 0. The van der Waals surface area contributed by atoms with Gasteiger partial charge in [0.05, 0.1) is 0 Å². The van der Waals surface area contributed by atoms with Crippen LogP contribution in [0, 0.1) is 0 Å². The molecule has 0 amide bonds. The van der Waals surface area contributed by atoms with Crippen molar-refractivity contribution >= 4 is 10.8 Å². The molecule has 2 nitrogen and oxygen atoms in total. The molecular formula is C16H17F3O2. The van der Waals surface area contributed by atoms with Gasteiger partial charge in [0, 0.05) is 5.39 Å². The Morgan fingerprint density at radius 1 is 0.952 bits per heavy atom. The van der Waals surface area contributed by atoms with E-state index in [2.05, 4.69) is 0 Å². The van der Waals surface area contributed by atoms with Gasteiger partial charge in [-0.2, -0.15) is 13.2 Å². The zero-order chi connectivity index (χ0) is 15.8. The highest BCUT2D eigenvalue weighted by Crippen LogP contribution is 2.39.